The lowest BCUT2D eigenvalue weighted by Gasteiger charge is -2.20. The highest BCUT2D eigenvalue weighted by atomic mass is 16.3. The maximum absolute atomic E-state index is 10.8. The standard InChI is InChI=1S/C9H14N4O3/c10-9(16)7-1-2-8(12-11-7)13(3-5-14)4-6-15/h1-2,14-15H,3-6H2,(H2,10,16). The van der Waals surface area contributed by atoms with Gasteiger partial charge >= 0.3 is 0 Å². The highest BCUT2D eigenvalue weighted by Crippen LogP contribution is 2.08. The average Bonchev–Trinajstić information content (AvgIpc) is 2.29. The monoisotopic (exact) mass is 226 g/mol. The van der Waals surface area contributed by atoms with E-state index < -0.39 is 5.91 Å². The van der Waals surface area contributed by atoms with Gasteiger partial charge < -0.3 is 20.8 Å². The fourth-order valence-corrected chi connectivity index (χ4v) is 1.21. The van der Waals surface area contributed by atoms with E-state index in [2.05, 4.69) is 10.2 Å². The minimum absolute atomic E-state index is 0.0563. The first kappa shape index (κ1) is 12.3. The molecule has 0 aliphatic heterocycles. The van der Waals surface area contributed by atoms with E-state index in [4.69, 9.17) is 15.9 Å². The molecule has 16 heavy (non-hydrogen) atoms. The molecule has 0 spiro atoms. The largest absolute Gasteiger partial charge is 0.395 e. The summed E-state index contributed by atoms with van der Waals surface area (Å²) in [4.78, 5) is 12.4. The third kappa shape index (κ3) is 3.14. The van der Waals surface area contributed by atoms with Crippen molar-refractivity contribution in [1.29, 1.82) is 0 Å². The molecule has 0 unspecified atom stereocenters. The van der Waals surface area contributed by atoms with Gasteiger partial charge in [-0.25, -0.2) is 0 Å². The number of nitrogens with zero attached hydrogens (tertiary/aromatic N) is 3. The molecule has 0 saturated heterocycles. The van der Waals surface area contributed by atoms with Crippen LogP contribution in [0.1, 0.15) is 10.5 Å². The Balaban J connectivity index is 2.80. The summed E-state index contributed by atoms with van der Waals surface area (Å²) >= 11 is 0. The van der Waals surface area contributed by atoms with Crippen LogP contribution in [0.3, 0.4) is 0 Å². The fourth-order valence-electron chi connectivity index (χ4n) is 1.21. The van der Waals surface area contributed by atoms with Crippen molar-refractivity contribution >= 4 is 11.7 Å². The Morgan fingerprint density at radius 2 is 1.88 bits per heavy atom. The van der Waals surface area contributed by atoms with Crippen molar-refractivity contribution in [3.63, 3.8) is 0 Å². The molecule has 0 aromatic carbocycles. The highest BCUT2D eigenvalue weighted by molar-refractivity contribution is 5.90. The Bertz CT molecular complexity index is 335. The second kappa shape index (κ2) is 5.99. The average molecular weight is 226 g/mol. The molecule has 4 N–H and O–H groups in total. The molecule has 1 aromatic heterocycles. The number of anilines is 1. The summed E-state index contributed by atoms with van der Waals surface area (Å²) in [6, 6.07) is 3.02. The van der Waals surface area contributed by atoms with Crippen LogP contribution in [-0.4, -0.2) is 52.6 Å². The molecule has 0 aliphatic carbocycles. The van der Waals surface area contributed by atoms with Crippen LogP contribution in [0.5, 0.6) is 0 Å². The first-order chi connectivity index (χ1) is 7.69. The SMILES string of the molecule is NC(=O)c1ccc(N(CCO)CCO)nn1. The second-order valence-electron chi connectivity index (χ2n) is 3.08. The van der Waals surface area contributed by atoms with Crippen LogP contribution in [0.15, 0.2) is 12.1 Å². The van der Waals surface area contributed by atoms with Crippen LogP contribution in [0, 0.1) is 0 Å². The highest BCUT2D eigenvalue weighted by Gasteiger charge is 2.09. The van der Waals surface area contributed by atoms with Crippen LogP contribution in [0.4, 0.5) is 5.82 Å². The zero-order valence-electron chi connectivity index (χ0n) is 8.70. The Labute approximate surface area is 92.5 Å². The van der Waals surface area contributed by atoms with Gasteiger partial charge in [0.25, 0.3) is 5.91 Å². The lowest BCUT2D eigenvalue weighted by molar-refractivity contribution is 0.0994. The van der Waals surface area contributed by atoms with Crippen molar-refractivity contribution in [3.8, 4) is 0 Å². The third-order valence-electron chi connectivity index (χ3n) is 1.97. The van der Waals surface area contributed by atoms with E-state index in [0.717, 1.165) is 0 Å². The number of carbonyl (C=O) groups is 1. The first-order valence-electron chi connectivity index (χ1n) is 4.79. The van der Waals surface area contributed by atoms with Gasteiger partial charge in [0, 0.05) is 13.1 Å². The van der Waals surface area contributed by atoms with Crippen LogP contribution < -0.4 is 10.6 Å². The van der Waals surface area contributed by atoms with Gasteiger partial charge in [0.1, 0.15) is 0 Å². The van der Waals surface area contributed by atoms with Crippen molar-refractivity contribution < 1.29 is 15.0 Å². The number of carbonyl (C=O) groups excluding carboxylic acids is 1. The normalized spacial score (nSPS) is 10.1. The van der Waals surface area contributed by atoms with Crippen molar-refractivity contribution in [2.45, 2.75) is 0 Å². The lowest BCUT2D eigenvalue weighted by Crippen LogP contribution is -2.30. The topological polar surface area (TPSA) is 113 Å². The number of aromatic nitrogens is 2. The molecule has 7 heteroatoms. The van der Waals surface area contributed by atoms with Gasteiger partial charge in [-0.15, -0.1) is 10.2 Å². The molecule has 0 bridgehead atoms. The van der Waals surface area contributed by atoms with E-state index in [0.29, 0.717) is 18.9 Å². The van der Waals surface area contributed by atoms with Crippen LogP contribution in [0.2, 0.25) is 0 Å². The van der Waals surface area contributed by atoms with E-state index in [1.165, 1.54) is 6.07 Å². The smallest absolute Gasteiger partial charge is 0.269 e. The molecule has 1 amide bonds. The van der Waals surface area contributed by atoms with Gasteiger partial charge in [-0.1, -0.05) is 0 Å². The van der Waals surface area contributed by atoms with Crippen molar-refractivity contribution in [3.05, 3.63) is 17.8 Å². The zero-order valence-corrected chi connectivity index (χ0v) is 8.70. The Morgan fingerprint density at radius 1 is 1.25 bits per heavy atom. The molecule has 0 atom stereocenters. The van der Waals surface area contributed by atoms with Gasteiger partial charge in [-0.05, 0) is 12.1 Å². The Hall–Kier alpha value is -1.73. The fraction of sp³-hybridized carbons (Fsp3) is 0.444. The summed E-state index contributed by atoms with van der Waals surface area (Å²) in [7, 11) is 0. The van der Waals surface area contributed by atoms with Crippen molar-refractivity contribution in [2.24, 2.45) is 5.73 Å². The molecule has 88 valence electrons. The van der Waals surface area contributed by atoms with E-state index in [9.17, 15) is 4.79 Å². The predicted molar refractivity (Wildman–Crippen MR) is 56.9 cm³/mol. The molecule has 1 aromatic rings. The molecule has 7 nitrogen and oxygen atoms in total. The lowest BCUT2D eigenvalue weighted by atomic mass is 10.3. The third-order valence-corrected chi connectivity index (χ3v) is 1.97. The number of rotatable bonds is 6. The molecule has 1 rings (SSSR count). The maximum Gasteiger partial charge on any atom is 0.269 e. The van der Waals surface area contributed by atoms with Gasteiger partial charge in [0.05, 0.1) is 13.2 Å². The molecule has 0 fully saturated rings. The summed E-state index contributed by atoms with van der Waals surface area (Å²) in [5.41, 5.74) is 5.10. The quantitative estimate of drug-likeness (QED) is 0.536. The molecular formula is C9H14N4O3. The maximum atomic E-state index is 10.8. The van der Waals surface area contributed by atoms with Gasteiger partial charge in [0.2, 0.25) is 0 Å². The first-order valence-corrected chi connectivity index (χ1v) is 4.79. The van der Waals surface area contributed by atoms with E-state index >= 15 is 0 Å². The van der Waals surface area contributed by atoms with E-state index in [1.807, 2.05) is 0 Å². The minimum atomic E-state index is -0.644. The number of primary amides is 1. The Kier molecular flexibility index (Phi) is 4.62. The minimum Gasteiger partial charge on any atom is -0.395 e. The van der Waals surface area contributed by atoms with Crippen LogP contribution in [-0.2, 0) is 0 Å². The second-order valence-corrected chi connectivity index (χ2v) is 3.08. The number of hydrogen-bond acceptors (Lipinski definition) is 6. The predicted octanol–water partition coefficient (Wildman–Crippen LogP) is -1.63. The van der Waals surface area contributed by atoms with Crippen LogP contribution >= 0.6 is 0 Å². The summed E-state index contributed by atoms with van der Waals surface area (Å²) < 4.78 is 0. The Morgan fingerprint density at radius 3 is 2.25 bits per heavy atom. The zero-order chi connectivity index (χ0) is 12.0. The summed E-state index contributed by atoms with van der Waals surface area (Å²) in [6.45, 7) is 0.564. The molecule has 0 aliphatic rings. The van der Waals surface area contributed by atoms with E-state index in [1.54, 1.807) is 11.0 Å². The summed E-state index contributed by atoms with van der Waals surface area (Å²) in [5, 5.41) is 25.1. The van der Waals surface area contributed by atoms with Gasteiger partial charge in [-0.3, -0.25) is 4.79 Å². The number of amides is 1. The van der Waals surface area contributed by atoms with Gasteiger partial charge in [0.15, 0.2) is 11.5 Å². The molecule has 0 saturated carbocycles. The number of aliphatic hydroxyl groups excluding tert-OH is 2. The number of aliphatic hydroxyl groups is 2. The summed E-state index contributed by atoms with van der Waals surface area (Å²) in [6.07, 6.45) is 0. The van der Waals surface area contributed by atoms with E-state index in [-0.39, 0.29) is 18.9 Å². The van der Waals surface area contributed by atoms with Crippen LogP contribution in [0.25, 0.3) is 0 Å². The molecule has 0 radical (unpaired) electrons. The number of nitrogens with two attached hydrogens (primary N) is 1. The van der Waals surface area contributed by atoms with Crippen molar-refractivity contribution in [2.75, 3.05) is 31.2 Å². The van der Waals surface area contributed by atoms with Crippen molar-refractivity contribution in [1.82, 2.24) is 10.2 Å². The van der Waals surface area contributed by atoms with Gasteiger partial charge in [-0.2, -0.15) is 0 Å². The summed E-state index contributed by atoms with van der Waals surface area (Å²) in [5.74, 6) is -0.164. The molecule has 1 heterocycles. The molecular weight excluding hydrogens is 212 g/mol. The number of hydrogen-bond donors (Lipinski definition) is 3.